The number of benzene rings is 2. The lowest BCUT2D eigenvalue weighted by Gasteiger charge is -2.16. The van der Waals surface area contributed by atoms with E-state index in [4.69, 9.17) is 9.90 Å². The van der Waals surface area contributed by atoms with Crippen molar-refractivity contribution in [1.82, 2.24) is 20.1 Å². The highest BCUT2D eigenvalue weighted by Crippen LogP contribution is 2.30. The molecule has 2 aromatic carbocycles. The second-order valence-corrected chi connectivity index (χ2v) is 7.90. The second-order valence-electron chi connectivity index (χ2n) is 7.90. The Kier molecular flexibility index (Phi) is 6.40. The predicted octanol–water partition coefficient (Wildman–Crippen LogP) is 4.82. The molecule has 0 aliphatic carbocycles. The van der Waals surface area contributed by atoms with E-state index in [0.29, 0.717) is 5.92 Å². The van der Waals surface area contributed by atoms with Crippen molar-refractivity contribution < 1.29 is 27.9 Å². The minimum Gasteiger partial charge on any atom is -0.475 e. The molecule has 1 unspecified atom stereocenters. The summed E-state index contributed by atoms with van der Waals surface area (Å²) in [6.45, 7) is 1.58. The van der Waals surface area contributed by atoms with E-state index in [1.807, 2.05) is 35.5 Å². The van der Waals surface area contributed by atoms with Crippen LogP contribution >= 0.6 is 0 Å². The minimum atomic E-state index is -5.08. The maximum atomic E-state index is 13.1. The van der Waals surface area contributed by atoms with Gasteiger partial charge in [0.15, 0.2) is 0 Å². The summed E-state index contributed by atoms with van der Waals surface area (Å²) in [5, 5.41) is 14.9. The third kappa shape index (κ3) is 4.95. The average molecular weight is 470 g/mol. The summed E-state index contributed by atoms with van der Waals surface area (Å²) >= 11 is 0. The Bertz CT molecular complexity index is 1280. The molecule has 34 heavy (non-hydrogen) atoms. The number of carbonyl (C=O) groups excluding carboxylic acids is 1. The standard InChI is InChI=1S/C22H20N4O.C2HF3O2/c27-22(26-9-8-17(14-26)15-4-2-1-3-5-15)20-13-23-21-10-16(6-7-19(20)21)18-11-24-25-12-18;3-2(4,5)1(6)7/h1-7,10-13,17,23H,8-9,14H2,(H,24,25);(H,6,7). The summed E-state index contributed by atoms with van der Waals surface area (Å²) in [5.74, 6) is -2.23. The van der Waals surface area contributed by atoms with E-state index in [1.54, 1.807) is 6.20 Å². The molecule has 5 rings (SSSR count). The number of H-pyrrole nitrogens is 2. The molecule has 1 aliphatic rings. The van der Waals surface area contributed by atoms with E-state index in [2.05, 4.69) is 45.5 Å². The van der Waals surface area contributed by atoms with Crippen molar-refractivity contribution in [3.63, 3.8) is 0 Å². The molecule has 0 bridgehead atoms. The monoisotopic (exact) mass is 470 g/mol. The van der Waals surface area contributed by atoms with Gasteiger partial charge in [-0.2, -0.15) is 18.3 Å². The number of carbonyl (C=O) groups is 2. The first-order valence-corrected chi connectivity index (χ1v) is 10.5. The molecule has 4 aromatic rings. The van der Waals surface area contributed by atoms with E-state index in [1.165, 1.54) is 5.56 Å². The maximum absolute atomic E-state index is 13.1. The van der Waals surface area contributed by atoms with Gasteiger partial charge >= 0.3 is 12.1 Å². The highest BCUT2D eigenvalue weighted by atomic mass is 19.4. The Hall–Kier alpha value is -4.08. The summed E-state index contributed by atoms with van der Waals surface area (Å²) in [7, 11) is 0. The lowest BCUT2D eigenvalue weighted by molar-refractivity contribution is -0.192. The summed E-state index contributed by atoms with van der Waals surface area (Å²) in [6.07, 6.45) is 1.43. The number of halogens is 3. The van der Waals surface area contributed by atoms with Gasteiger partial charge in [0.2, 0.25) is 0 Å². The van der Waals surface area contributed by atoms with E-state index in [9.17, 15) is 18.0 Å². The van der Waals surface area contributed by atoms with Gasteiger partial charge in [0.1, 0.15) is 0 Å². The van der Waals surface area contributed by atoms with Crippen LogP contribution in [0.25, 0.3) is 22.0 Å². The molecule has 1 fully saturated rings. The molecular weight excluding hydrogens is 449 g/mol. The summed E-state index contributed by atoms with van der Waals surface area (Å²) < 4.78 is 31.7. The highest BCUT2D eigenvalue weighted by Gasteiger charge is 2.38. The molecule has 7 nitrogen and oxygen atoms in total. The molecular formula is C24H21F3N4O3. The first kappa shape index (κ1) is 23.1. The largest absolute Gasteiger partial charge is 0.490 e. The van der Waals surface area contributed by atoms with Gasteiger partial charge in [0.05, 0.1) is 11.8 Å². The molecule has 2 aromatic heterocycles. The van der Waals surface area contributed by atoms with Crippen LogP contribution in [0.3, 0.4) is 0 Å². The number of likely N-dealkylation sites (tertiary alicyclic amines) is 1. The van der Waals surface area contributed by atoms with E-state index < -0.39 is 12.1 Å². The van der Waals surface area contributed by atoms with Gasteiger partial charge in [-0.25, -0.2) is 4.79 Å². The lowest BCUT2D eigenvalue weighted by atomic mass is 9.99. The number of alkyl halides is 3. The summed E-state index contributed by atoms with van der Waals surface area (Å²) in [5.41, 5.74) is 5.14. The normalized spacial score (nSPS) is 15.7. The number of hydrogen-bond acceptors (Lipinski definition) is 3. The van der Waals surface area contributed by atoms with Crippen LogP contribution in [0.1, 0.15) is 28.3 Å². The number of nitrogens with one attached hydrogen (secondary N) is 2. The lowest BCUT2D eigenvalue weighted by Crippen LogP contribution is -2.28. The van der Waals surface area contributed by atoms with Crippen LogP contribution < -0.4 is 0 Å². The molecule has 1 aliphatic heterocycles. The molecule has 0 radical (unpaired) electrons. The quantitative estimate of drug-likeness (QED) is 0.400. The van der Waals surface area contributed by atoms with Gasteiger partial charge in [-0.1, -0.05) is 42.5 Å². The number of hydrogen-bond donors (Lipinski definition) is 3. The van der Waals surface area contributed by atoms with E-state index >= 15 is 0 Å². The number of aromatic amines is 2. The fourth-order valence-corrected chi connectivity index (χ4v) is 4.00. The average Bonchev–Trinajstić information content (AvgIpc) is 3.59. The number of carboxylic acids is 1. The molecule has 0 saturated carbocycles. The summed E-state index contributed by atoms with van der Waals surface area (Å²) in [6, 6.07) is 16.6. The molecule has 0 spiro atoms. The van der Waals surface area contributed by atoms with Crippen LogP contribution in [0.5, 0.6) is 0 Å². The smallest absolute Gasteiger partial charge is 0.475 e. The van der Waals surface area contributed by atoms with Gasteiger partial charge in [0, 0.05) is 47.9 Å². The third-order valence-electron chi connectivity index (χ3n) is 5.73. The van der Waals surface area contributed by atoms with Crippen molar-refractivity contribution in [2.45, 2.75) is 18.5 Å². The first-order chi connectivity index (χ1) is 16.2. The van der Waals surface area contributed by atoms with Gasteiger partial charge in [-0.3, -0.25) is 9.89 Å². The Morgan fingerprint density at radius 1 is 1.06 bits per heavy atom. The zero-order valence-electron chi connectivity index (χ0n) is 17.8. The highest BCUT2D eigenvalue weighted by molar-refractivity contribution is 6.07. The van der Waals surface area contributed by atoms with Crippen LogP contribution in [0, 0.1) is 0 Å². The van der Waals surface area contributed by atoms with Gasteiger partial charge in [-0.05, 0) is 23.6 Å². The Morgan fingerprint density at radius 3 is 2.44 bits per heavy atom. The number of rotatable bonds is 3. The van der Waals surface area contributed by atoms with Crippen molar-refractivity contribution in [3.05, 3.63) is 78.2 Å². The number of nitrogens with zero attached hydrogens (tertiary/aromatic N) is 2. The zero-order valence-corrected chi connectivity index (χ0v) is 17.8. The van der Waals surface area contributed by atoms with Crippen molar-refractivity contribution in [2.75, 3.05) is 13.1 Å². The number of aromatic nitrogens is 3. The predicted molar refractivity (Wildman–Crippen MR) is 119 cm³/mol. The van der Waals surface area contributed by atoms with Crippen molar-refractivity contribution >= 4 is 22.8 Å². The zero-order chi connectivity index (χ0) is 24.3. The van der Waals surface area contributed by atoms with Crippen molar-refractivity contribution in [2.24, 2.45) is 0 Å². The number of aliphatic carboxylic acids is 1. The molecule has 1 atom stereocenters. The van der Waals surface area contributed by atoms with Gasteiger partial charge in [0.25, 0.3) is 5.91 Å². The first-order valence-electron chi connectivity index (χ1n) is 10.5. The van der Waals surface area contributed by atoms with E-state index in [0.717, 1.165) is 47.1 Å². The Morgan fingerprint density at radius 2 is 1.79 bits per heavy atom. The van der Waals surface area contributed by atoms with Crippen LogP contribution in [0.4, 0.5) is 13.2 Å². The van der Waals surface area contributed by atoms with Gasteiger partial charge < -0.3 is 15.0 Å². The molecule has 3 N–H and O–H groups in total. The maximum Gasteiger partial charge on any atom is 0.490 e. The van der Waals surface area contributed by atoms with Crippen molar-refractivity contribution in [3.8, 4) is 11.1 Å². The fourth-order valence-electron chi connectivity index (χ4n) is 4.00. The molecule has 1 saturated heterocycles. The number of amides is 1. The molecule has 1 amide bonds. The van der Waals surface area contributed by atoms with Crippen LogP contribution in [0.2, 0.25) is 0 Å². The minimum absolute atomic E-state index is 0.107. The van der Waals surface area contributed by atoms with Crippen molar-refractivity contribution in [1.29, 1.82) is 0 Å². The fraction of sp³-hybridized carbons (Fsp3) is 0.208. The van der Waals surface area contributed by atoms with Crippen LogP contribution in [-0.4, -0.2) is 56.3 Å². The molecule has 176 valence electrons. The Labute approximate surface area is 192 Å². The molecule has 3 heterocycles. The Balaban J connectivity index is 0.000000344. The summed E-state index contributed by atoms with van der Waals surface area (Å²) in [4.78, 5) is 27.2. The number of fused-ring (bicyclic) bond motifs is 1. The topological polar surface area (TPSA) is 102 Å². The molecule has 10 heteroatoms. The second kappa shape index (κ2) is 9.42. The van der Waals surface area contributed by atoms with Crippen LogP contribution in [-0.2, 0) is 4.79 Å². The van der Waals surface area contributed by atoms with Crippen LogP contribution in [0.15, 0.2) is 67.1 Å². The van der Waals surface area contributed by atoms with Gasteiger partial charge in [-0.15, -0.1) is 0 Å². The van der Waals surface area contributed by atoms with E-state index in [-0.39, 0.29) is 5.91 Å². The SMILES string of the molecule is O=C(O)C(F)(F)F.O=C(c1c[nH]c2cc(-c3cn[nH]c3)ccc12)N1CCC(c2ccccc2)C1. The number of carboxylic acid groups (broad SMARTS) is 1. The third-order valence-corrected chi connectivity index (χ3v) is 5.73.